The molecule has 15 heavy (non-hydrogen) atoms. The third-order valence-electron chi connectivity index (χ3n) is 3.28. The smallest absolute Gasteiger partial charge is 0.158 e. The highest BCUT2D eigenvalue weighted by Gasteiger charge is 2.19. The standard InChI is InChI=1S/C13H19FO/c1-9-5-4-6-12(9)7-8-13(14)10(2)11(3)15/h12H,1,4-8H2,2-3H3/b13-10-. The van der Waals surface area contributed by atoms with Gasteiger partial charge in [0, 0.05) is 12.0 Å². The molecule has 84 valence electrons. The summed E-state index contributed by atoms with van der Waals surface area (Å²) in [4.78, 5) is 10.9. The Morgan fingerprint density at radius 1 is 1.53 bits per heavy atom. The number of allylic oxidation sites excluding steroid dienone is 3. The molecule has 1 rings (SSSR count). The van der Waals surface area contributed by atoms with Crippen molar-refractivity contribution in [1.29, 1.82) is 0 Å². The number of rotatable bonds is 4. The zero-order valence-corrected chi connectivity index (χ0v) is 9.61. The highest BCUT2D eigenvalue weighted by atomic mass is 19.1. The molecule has 1 saturated carbocycles. The van der Waals surface area contributed by atoms with Gasteiger partial charge >= 0.3 is 0 Å². The summed E-state index contributed by atoms with van der Waals surface area (Å²) in [5, 5.41) is 0. The Labute approximate surface area is 91.1 Å². The van der Waals surface area contributed by atoms with E-state index in [0.717, 1.165) is 19.3 Å². The predicted molar refractivity (Wildman–Crippen MR) is 60.2 cm³/mol. The van der Waals surface area contributed by atoms with Crippen LogP contribution in [0.25, 0.3) is 0 Å². The molecule has 1 fully saturated rings. The van der Waals surface area contributed by atoms with Crippen molar-refractivity contribution in [3.63, 3.8) is 0 Å². The summed E-state index contributed by atoms with van der Waals surface area (Å²) < 4.78 is 13.5. The number of carbonyl (C=O) groups excluding carboxylic acids is 1. The summed E-state index contributed by atoms with van der Waals surface area (Å²) in [5.41, 5.74) is 1.53. The summed E-state index contributed by atoms with van der Waals surface area (Å²) in [6.07, 6.45) is 4.58. The summed E-state index contributed by atoms with van der Waals surface area (Å²) in [6, 6.07) is 0. The van der Waals surface area contributed by atoms with Crippen molar-refractivity contribution in [3.8, 4) is 0 Å². The van der Waals surface area contributed by atoms with Gasteiger partial charge in [0.15, 0.2) is 5.78 Å². The van der Waals surface area contributed by atoms with E-state index in [0.29, 0.717) is 12.3 Å². The first-order chi connectivity index (χ1) is 7.02. The third-order valence-corrected chi connectivity index (χ3v) is 3.28. The van der Waals surface area contributed by atoms with Gasteiger partial charge in [-0.3, -0.25) is 4.79 Å². The van der Waals surface area contributed by atoms with Crippen LogP contribution in [0.4, 0.5) is 4.39 Å². The molecule has 1 aliphatic carbocycles. The second kappa shape index (κ2) is 5.24. The van der Waals surface area contributed by atoms with Gasteiger partial charge in [0.1, 0.15) is 5.83 Å². The predicted octanol–water partition coefficient (Wildman–Crippen LogP) is 3.96. The Hall–Kier alpha value is -0.920. The van der Waals surface area contributed by atoms with Crippen LogP contribution in [-0.2, 0) is 4.79 Å². The van der Waals surface area contributed by atoms with E-state index in [-0.39, 0.29) is 17.2 Å². The minimum absolute atomic E-state index is 0.169. The first-order valence-electron chi connectivity index (χ1n) is 5.56. The maximum Gasteiger partial charge on any atom is 0.158 e. The lowest BCUT2D eigenvalue weighted by molar-refractivity contribution is -0.113. The zero-order valence-electron chi connectivity index (χ0n) is 9.61. The molecular formula is C13H19FO. The fraction of sp³-hybridized carbons (Fsp3) is 0.615. The molecule has 0 aromatic heterocycles. The molecule has 0 radical (unpaired) electrons. The maximum atomic E-state index is 13.5. The van der Waals surface area contributed by atoms with E-state index in [9.17, 15) is 9.18 Å². The van der Waals surface area contributed by atoms with Crippen molar-refractivity contribution in [2.45, 2.75) is 46.0 Å². The van der Waals surface area contributed by atoms with Crippen LogP contribution in [0, 0.1) is 5.92 Å². The van der Waals surface area contributed by atoms with Crippen LogP contribution in [0.2, 0.25) is 0 Å². The van der Waals surface area contributed by atoms with Gasteiger partial charge in [-0.05, 0) is 45.4 Å². The molecule has 0 saturated heterocycles. The van der Waals surface area contributed by atoms with Crippen molar-refractivity contribution in [3.05, 3.63) is 23.6 Å². The normalized spacial score (nSPS) is 22.9. The lowest BCUT2D eigenvalue weighted by atomic mass is 9.97. The highest BCUT2D eigenvalue weighted by Crippen LogP contribution is 2.34. The quantitative estimate of drug-likeness (QED) is 0.507. The van der Waals surface area contributed by atoms with Crippen molar-refractivity contribution < 1.29 is 9.18 Å². The van der Waals surface area contributed by atoms with E-state index in [1.807, 2.05) is 0 Å². The molecule has 1 aliphatic rings. The van der Waals surface area contributed by atoms with Gasteiger partial charge in [0.25, 0.3) is 0 Å². The molecule has 0 spiro atoms. The lowest BCUT2D eigenvalue weighted by Crippen LogP contribution is -1.99. The van der Waals surface area contributed by atoms with Gasteiger partial charge in [-0.25, -0.2) is 4.39 Å². The summed E-state index contributed by atoms with van der Waals surface area (Å²) in [7, 11) is 0. The Balaban J connectivity index is 2.46. The number of ketones is 1. The Bertz CT molecular complexity index is 302. The molecule has 0 aromatic rings. The van der Waals surface area contributed by atoms with E-state index in [1.165, 1.54) is 18.9 Å². The molecule has 0 aromatic carbocycles. The molecule has 1 unspecified atom stereocenters. The number of halogens is 1. The van der Waals surface area contributed by atoms with Gasteiger partial charge < -0.3 is 0 Å². The van der Waals surface area contributed by atoms with Crippen molar-refractivity contribution in [2.75, 3.05) is 0 Å². The molecule has 0 aliphatic heterocycles. The van der Waals surface area contributed by atoms with Crippen LogP contribution in [-0.4, -0.2) is 5.78 Å². The molecule has 0 N–H and O–H groups in total. The van der Waals surface area contributed by atoms with Gasteiger partial charge in [-0.2, -0.15) is 0 Å². The van der Waals surface area contributed by atoms with Crippen molar-refractivity contribution >= 4 is 5.78 Å². The SMILES string of the molecule is C=C1CCCC1CC/C(F)=C(\C)C(C)=O. The van der Waals surface area contributed by atoms with Crippen LogP contribution < -0.4 is 0 Å². The number of hydrogen-bond donors (Lipinski definition) is 0. The monoisotopic (exact) mass is 210 g/mol. The van der Waals surface area contributed by atoms with Crippen LogP contribution >= 0.6 is 0 Å². The Morgan fingerprint density at radius 3 is 2.67 bits per heavy atom. The fourth-order valence-corrected chi connectivity index (χ4v) is 2.01. The number of hydrogen-bond acceptors (Lipinski definition) is 1. The highest BCUT2D eigenvalue weighted by molar-refractivity contribution is 5.93. The first kappa shape index (κ1) is 12.2. The minimum atomic E-state index is -0.248. The topological polar surface area (TPSA) is 17.1 Å². The van der Waals surface area contributed by atoms with E-state index < -0.39 is 0 Å². The zero-order chi connectivity index (χ0) is 11.4. The van der Waals surface area contributed by atoms with Crippen LogP contribution in [0.1, 0.15) is 46.0 Å². The van der Waals surface area contributed by atoms with Crippen molar-refractivity contribution in [1.82, 2.24) is 0 Å². The van der Waals surface area contributed by atoms with E-state index in [2.05, 4.69) is 6.58 Å². The Morgan fingerprint density at radius 2 is 2.20 bits per heavy atom. The molecule has 0 bridgehead atoms. The molecular weight excluding hydrogens is 191 g/mol. The maximum absolute atomic E-state index is 13.5. The molecule has 1 nitrogen and oxygen atoms in total. The third kappa shape index (κ3) is 3.29. The number of Topliss-reactive ketones (excluding diaryl/α,β-unsaturated/α-hetero) is 1. The Kier molecular flexibility index (Phi) is 4.25. The van der Waals surface area contributed by atoms with E-state index in [4.69, 9.17) is 0 Å². The average molecular weight is 210 g/mol. The summed E-state index contributed by atoms with van der Waals surface area (Å²) >= 11 is 0. The molecule has 2 heteroatoms. The minimum Gasteiger partial charge on any atom is -0.295 e. The van der Waals surface area contributed by atoms with Gasteiger partial charge in [-0.15, -0.1) is 0 Å². The fourth-order valence-electron chi connectivity index (χ4n) is 2.01. The summed E-state index contributed by atoms with van der Waals surface area (Å²) in [6.45, 7) is 6.95. The molecule has 1 atom stereocenters. The van der Waals surface area contributed by atoms with Gasteiger partial charge in [0.2, 0.25) is 0 Å². The average Bonchev–Trinajstić information content (AvgIpc) is 2.59. The van der Waals surface area contributed by atoms with Gasteiger partial charge in [0.05, 0.1) is 0 Å². The summed E-state index contributed by atoms with van der Waals surface area (Å²) in [5.74, 6) is 0.0513. The largest absolute Gasteiger partial charge is 0.295 e. The van der Waals surface area contributed by atoms with E-state index >= 15 is 0 Å². The molecule has 0 amide bonds. The number of carbonyl (C=O) groups is 1. The van der Waals surface area contributed by atoms with E-state index in [1.54, 1.807) is 6.92 Å². The van der Waals surface area contributed by atoms with Crippen LogP contribution in [0.15, 0.2) is 23.6 Å². The molecule has 0 heterocycles. The van der Waals surface area contributed by atoms with Crippen LogP contribution in [0.3, 0.4) is 0 Å². The van der Waals surface area contributed by atoms with Gasteiger partial charge in [-0.1, -0.05) is 12.2 Å². The second-order valence-corrected chi connectivity index (χ2v) is 4.37. The second-order valence-electron chi connectivity index (χ2n) is 4.37. The van der Waals surface area contributed by atoms with Crippen molar-refractivity contribution in [2.24, 2.45) is 5.92 Å². The lowest BCUT2D eigenvalue weighted by Gasteiger charge is -2.10. The van der Waals surface area contributed by atoms with Crippen LogP contribution in [0.5, 0.6) is 0 Å². The first-order valence-corrected chi connectivity index (χ1v) is 5.56.